The van der Waals surface area contributed by atoms with Gasteiger partial charge >= 0.3 is 0 Å². The van der Waals surface area contributed by atoms with Gasteiger partial charge in [-0.05, 0) is 49.6 Å². The van der Waals surface area contributed by atoms with Crippen molar-refractivity contribution < 1.29 is 0 Å². The molecule has 1 aliphatic carbocycles. The largest absolute Gasteiger partial charge is 0.316 e. The summed E-state index contributed by atoms with van der Waals surface area (Å²) in [5.74, 6) is 2.08. The van der Waals surface area contributed by atoms with Gasteiger partial charge in [0.05, 0.1) is 0 Å². The Morgan fingerprint density at radius 1 is 1.11 bits per heavy atom. The van der Waals surface area contributed by atoms with Gasteiger partial charge in [-0.3, -0.25) is 0 Å². The summed E-state index contributed by atoms with van der Waals surface area (Å²) in [6.07, 6.45) is 8.69. The lowest BCUT2D eigenvalue weighted by Crippen LogP contribution is -2.47. The number of nitrogens with one attached hydrogen (secondary N) is 1. The molecule has 2 heteroatoms. The number of nitrogens with zero attached hydrogens (tertiary/aromatic N) is 1. The second-order valence-corrected chi connectivity index (χ2v) is 7.67. The highest BCUT2D eigenvalue weighted by Crippen LogP contribution is 2.36. The van der Waals surface area contributed by atoms with E-state index in [1.54, 1.807) is 0 Å². The van der Waals surface area contributed by atoms with Gasteiger partial charge in [-0.15, -0.1) is 0 Å². The summed E-state index contributed by atoms with van der Waals surface area (Å²) < 4.78 is 0. The van der Waals surface area contributed by atoms with Gasteiger partial charge in [0.25, 0.3) is 0 Å². The maximum atomic E-state index is 3.59. The molecule has 112 valence electrons. The minimum atomic E-state index is 0.413. The topological polar surface area (TPSA) is 15.3 Å². The van der Waals surface area contributed by atoms with Crippen molar-refractivity contribution in [3.63, 3.8) is 0 Å². The molecule has 2 nitrogen and oxygen atoms in total. The second-order valence-electron chi connectivity index (χ2n) is 7.67. The Morgan fingerprint density at radius 2 is 1.84 bits per heavy atom. The molecule has 0 radical (unpaired) electrons. The van der Waals surface area contributed by atoms with Crippen molar-refractivity contribution >= 4 is 0 Å². The summed E-state index contributed by atoms with van der Waals surface area (Å²) in [5, 5.41) is 3.59. The molecule has 1 N–H and O–H groups in total. The molecular formula is C17H34N2. The maximum Gasteiger partial charge on any atom is 0.00449 e. The van der Waals surface area contributed by atoms with Gasteiger partial charge in [0.2, 0.25) is 0 Å². The quantitative estimate of drug-likeness (QED) is 0.740. The van der Waals surface area contributed by atoms with Crippen LogP contribution in [0.4, 0.5) is 0 Å². The van der Waals surface area contributed by atoms with Crippen molar-refractivity contribution in [1.82, 2.24) is 10.2 Å². The van der Waals surface area contributed by atoms with Gasteiger partial charge in [-0.1, -0.05) is 40.0 Å². The average molecular weight is 266 g/mol. The molecular weight excluding hydrogens is 232 g/mol. The molecule has 2 atom stereocenters. The van der Waals surface area contributed by atoms with E-state index in [1.165, 1.54) is 58.2 Å². The summed E-state index contributed by atoms with van der Waals surface area (Å²) in [6, 6.07) is 0. The minimum absolute atomic E-state index is 0.413. The van der Waals surface area contributed by atoms with Gasteiger partial charge in [-0.2, -0.15) is 0 Å². The molecule has 1 saturated heterocycles. The van der Waals surface area contributed by atoms with E-state index in [2.05, 4.69) is 31.0 Å². The first kappa shape index (κ1) is 15.3. The van der Waals surface area contributed by atoms with Crippen LogP contribution in [0.3, 0.4) is 0 Å². The van der Waals surface area contributed by atoms with Crippen LogP contribution in [0.15, 0.2) is 0 Å². The molecule has 0 spiro atoms. The van der Waals surface area contributed by atoms with Gasteiger partial charge in [0.1, 0.15) is 0 Å². The summed E-state index contributed by atoms with van der Waals surface area (Å²) in [6.45, 7) is 13.4. The van der Waals surface area contributed by atoms with E-state index in [-0.39, 0.29) is 0 Å². The number of rotatable bonds is 6. The summed E-state index contributed by atoms with van der Waals surface area (Å²) in [7, 11) is 0. The molecule has 1 saturated carbocycles. The van der Waals surface area contributed by atoms with E-state index >= 15 is 0 Å². The Kier molecular flexibility index (Phi) is 5.70. The molecule has 1 aliphatic heterocycles. The fraction of sp³-hybridized carbons (Fsp3) is 1.00. The van der Waals surface area contributed by atoms with Crippen LogP contribution >= 0.6 is 0 Å². The maximum absolute atomic E-state index is 3.59. The van der Waals surface area contributed by atoms with Crippen molar-refractivity contribution in [3.05, 3.63) is 0 Å². The van der Waals surface area contributed by atoms with Crippen molar-refractivity contribution in [2.24, 2.45) is 17.3 Å². The smallest absolute Gasteiger partial charge is 0.00449 e. The standard InChI is InChI=1S/C17H34N2/c1-4-10-18-13-17(2,3)14-19-11-9-15-7-5-6-8-16(15)12-19/h15-16,18H,4-14H2,1-3H3. The van der Waals surface area contributed by atoms with Crippen molar-refractivity contribution in [3.8, 4) is 0 Å². The Bertz CT molecular complexity index is 262. The van der Waals surface area contributed by atoms with Crippen LogP contribution in [0, 0.1) is 17.3 Å². The fourth-order valence-corrected chi connectivity index (χ4v) is 4.08. The van der Waals surface area contributed by atoms with Gasteiger partial charge < -0.3 is 10.2 Å². The van der Waals surface area contributed by atoms with Crippen LogP contribution in [-0.4, -0.2) is 37.6 Å². The van der Waals surface area contributed by atoms with E-state index in [4.69, 9.17) is 0 Å². The summed E-state index contributed by atoms with van der Waals surface area (Å²) in [4.78, 5) is 2.75. The number of piperidine rings is 1. The number of hydrogen-bond donors (Lipinski definition) is 1. The molecule has 2 unspecified atom stereocenters. The van der Waals surface area contributed by atoms with E-state index in [9.17, 15) is 0 Å². The van der Waals surface area contributed by atoms with Gasteiger partial charge in [0, 0.05) is 19.6 Å². The van der Waals surface area contributed by atoms with Crippen molar-refractivity contribution in [1.29, 1.82) is 0 Å². The Balaban J connectivity index is 1.76. The zero-order chi connectivity index (χ0) is 13.7. The van der Waals surface area contributed by atoms with Crippen LogP contribution in [0.2, 0.25) is 0 Å². The highest BCUT2D eigenvalue weighted by Gasteiger charge is 2.33. The van der Waals surface area contributed by atoms with Crippen LogP contribution in [0.5, 0.6) is 0 Å². The van der Waals surface area contributed by atoms with Crippen molar-refractivity contribution in [2.75, 3.05) is 32.7 Å². The molecule has 0 aromatic heterocycles. The van der Waals surface area contributed by atoms with E-state index < -0.39 is 0 Å². The van der Waals surface area contributed by atoms with Crippen LogP contribution in [-0.2, 0) is 0 Å². The molecule has 0 bridgehead atoms. The predicted molar refractivity (Wildman–Crippen MR) is 83.4 cm³/mol. The first-order chi connectivity index (χ1) is 9.11. The Hall–Kier alpha value is -0.0800. The monoisotopic (exact) mass is 266 g/mol. The van der Waals surface area contributed by atoms with E-state index in [0.29, 0.717) is 5.41 Å². The molecule has 0 aromatic carbocycles. The molecule has 0 aromatic rings. The minimum Gasteiger partial charge on any atom is -0.316 e. The van der Waals surface area contributed by atoms with Crippen LogP contribution < -0.4 is 5.32 Å². The highest BCUT2D eigenvalue weighted by molar-refractivity contribution is 4.86. The molecule has 19 heavy (non-hydrogen) atoms. The predicted octanol–water partition coefficient (Wildman–Crippen LogP) is 3.52. The first-order valence-corrected chi connectivity index (χ1v) is 8.54. The Morgan fingerprint density at radius 3 is 2.58 bits per heavy atom. The number of hydrogen-bond acceptors (Lipinski definition) is 2. The zero-order valence-corrected chi connectivity index (χ0v) is 13.4. The molecule has 0 amide bonds. The summed E-state index contributed by atoms with van der Waals surface area (Å²) >= 11 is 0. The average Bonchev–Trinajstić information content (AvgIpc) is 2.38. The lowest BCUT2D eigenvalue weighted by atomic mass is 9.74. The third-order valence-corrected chi connectivity index (χ3v) is 5.06. The normalized spacial score (nSPS) is 29.2. The second kappa shape index (κ2) is 7.08. The molecule has 1 heterocycles. The third kappa shape index (κ3) is 4.75. The Labute approximate surface area is 120 Å². The first-order valence-electron chi connectivity index (χ1n) is 8.54. The SMILES string of the molecule is CCCNCC(C)(C)CN1CCC2CCCCC2C1. The lowest BCUT2D eigenvalue weighted by Gasteiger charge is -2.43. The number of fused-ring (bicyclic) bond motifs is 1. The third-order valence-electron chi connectivity index (χ3n) is 5.06. The zero-order valence-electron chi connectivity index (χ0n) is 13.4. The van der Waals surface area contributed by atoms with Gasteiger partial charge in [-0.25, -0.2) is 0 Å². The van der Waals surface area contributed by atoms with Crippen molar-refractivity contribution in [2.45, 2.75) is 59.3 Å². The number of likely N-dealkylation sites (tertiary alicyclic amines) is 1. The highest BCUT2D eigenvalue weighted by atomic mass is 15.1. The molecule has 2 rings (SSSR count). The molecule has 2 aliphatic rings. The van der Waals surface area contributed by atoms with Crippen LogP contribution in [0.25, 0.3) is 0 Å². The summed E-state index contributed by atoms with van der Waals surface area (Å²) in [5.41, 5.74) is 0.413. The van der Waals surface area contributed by atoms with Crippen LogP contribution in [0.1, 0.15) is 59.3 Å². The van der Waals surface area contributed by atoms with E-state index in [0.717, 1.165) is 24.9 Å². The lowest BCUT2D eigenvalue weighted by molar-refractivity contribution is 0.0603. The van der Waals surface area contributed by atoms with E-state index in [1.807, 2.05) is 0 Å². The van der Waals surface area contributed by atoms with Gasteiger partial charge in [0.15, 0.2) is 0 Å². The molecule has 2 fully saturated rings. The fourth-order valence-electron chi connectivity index (χ4n) is 4.08.